The number of benzene rings is 1. The lowest BCUT2D eigenvalue weighted by Crippen LogP contribution is -2.17. The number of hydrogen-bond donors (Lipinski definition) is 1. The summed E-state index contributed by atoms with van der Waals surface area (Å²) in [7, 11) is 0. The highest BCUT2D eigenvalue weighted by atomic mass is 19.1. The normalized spacial score (nSPS) is 12.2. The van der Waals surface area contributed by atoms with Crippen molar-refractivity contribution in [2.45, 2.75) is 39.5 Å². The Labute approximate surface area is 118 Å². The lowest BCUT2D eigenvalue weighted by Gasteiger charge is -2.15. The lowest BCUT2D eigenvalue weighted by molar-refractivity contribution is 0.0417. The number of carbonyl (C=O) groups is 1. The summed E-state index contributed by atoms with van der Waals surface area (Å²) in [5.41, 5.74) is 4.35. The Hall–Kier alpha value is -1.65. The zero-order chi connectivity index (χ0) is 15.1. The van der Waals surface area contributed by atoms with Gasteiger partial charge in [0, 0.05) is 0 Å². The molecular formula is C15H21F2NO2. The number of rotatable bonds is 7. The zero-order valence-electron chi connectivity index (χ0n) is 11.9. The molecule has 1 aromatic rings. The van der Waals surface area contributed by atoms with Crippen LogP contribution in [0, 0.1) is 17.6 Å². The zero-order valence-corrected chi connectivity index (χ0v) is 11.9. The van der Waals surface area contributed by atoms with Crippen molar-refractivity contribution in [2.75, 3.05) is 12.3 Å². The van der Waals surface area contributed by atoms with Crippen LogP contribution in [0.5, 0.6) is 0 Å². The molecule has 0 aliphatic heterocycles. The van der Waals surface area contributed by atoms with Crippen LogP contribution < -0.4 is 5.73 Å². The van der Waals surface area contributed by atoms with Gasteiger partial charge in [-0.05, 0) is 24.5 Å². The van der Waals surface area contributed by atoms with Crippen molar-refractivity contribution in [3.05, 3.63) is 29.3 Å². The third-order valence-corrected chi connectivity index (χ3v) is 3.32. The summed E-state index contributed by atoms with van der Waals surface area (Å²) >= 11 is 0. The molecule has 1 aromatic carbocycles. The van der Waals surface area contributed by atoms with Crippen LogP contribution in [0.15, 0.2) is 12.1 Å². The van der Waals surface area contributed by atoms with E-state index in [0.717, 1.165) is 37.8 Å². The molecule has 0 aliphatic rings. The number of nitrogens with two attached hydrogens (primary N) is 1. The number of unbranched alkanes of at least 4 members (excludes halogenated alkanes) is 1. The van der Waals surface area contributed by atoms with Gasteiger partial charge >= 0.3 is 5.97 Å². The second-order valence-electron chi connectivity index (χ2n) is 4.84. The molecule has 1 unspecified atom stereocenters. The molecule has 1 atom stereocenters. The van der Waals surface area contributed by atoms with Crippen LogP contribution in [0.25, 0.3) is 0 Å². The van der Waals surface area contributed by atoms with E-state index in [0.29, 0.717) is 0 Å². The molecule has 0 aliphatic carbocycles. The molecule has 1 rings (SSSR count). The lowest BCUT2D eigenvalue weighted by atomic mass is 10.0. The summed E-state index contributed by atoms with van der Waals surface area (Å²) in [4.78, 5) is 11.8. The number of hydrogen-bond acceptors (Lipinski definition) is 3. The van der Waals surface area contributed by atoms with Crippen LogP contribution in [0.4, 0.5) is 14.5 Å². The topological polar surface area (TPSA) is 52.3 Å². The van der Waals surface area contributed by atoms with Crippen LogP contribution in [0.3, 0.4) is 0 Å². The van der Waals surface area contributed by atoms with E-state index in [1.165, 1.54) is 0 Å². The van der Waals surface area contributed by atoms with Crippen molar-refractivity contribution in [2.24, 2.45) is 5.92 Å². The predicted molar refractivity (Wildman–Crippen MR) is 74.4 cm³/mol. The van der Waals surface area contributed by atoms with Crippen LogP contribution in [0.2, 0.25) is 0 Å². The fourth-order valence-corrected chi connectivity index (χ4v) is 1.92. The molecule has 0 fully saturated rings. The number of ether oxygens (including phenoxy) is 1. The Balaban J connectivity index is 2.70. The van der Waals surface area contributed by atoms with E-state index in [1.54, 1.807) is 0 Å². The highest BCUT2D eigenvalue weighted by molar-refractivity contribution is 5.91. The summed E-state index contributed by atoms with van der Waals surface area (Å²) < 4.78 is 32.2. The maximum Gasteiger partial charge on any atom is 0.344 e. The molecule has 0 saturated carbocycles. The maximum absolute atomic E-state index is 13.7. The van der Waals surface area contributed by atoms with Gasteiger partial charge in [0.2, 0.25) is 0 Å². The van der Waals surface area contributed by atoms with E-state index in [4.69, 9.17) is 10.5 Å². The Morgan fingerprint density at radius 1 is 1.35 bits per heavy atom. The molecule has 3 nitrogen and oxygen atoms in total. The van der Waals surface area contributed by atoms with Crippen molar-refractivity contribution in [3.8, 4) is 0 Å². The third kappa shape index (κ3) is 4.18. The Kier molecular flexibility index (Phi) is 6.42. The molecular weight excluding hydrogens is 264 g/mol. The molecule has 5 heteroatoms. The van der Waals surface area contributed by atoms with Gasteiger partial charge in [0.15, 0.2) is 5.82 Å². The number of nitrogen functional groups attached to an aromatic ring is 1. The van der Waals surface area contributed by atoms with Crippen molar-refractivity contribution in [3.63, 3.8) is 0 Å². The van der Waals surface area contributed by atoms with Crippen molar-refractivity contribution < 1.29 is 18.3 Å². The molecule has 0 saturated heterocycles. The summed E-state index contributed by atoms with van der Waals surface area (Å²) in [6.07, 6.45) is 3.89. The summed E-state index contributed by atoms with van der Waals surface area (Å²) in [6, 6.07) is 2.04. The van der Waals surface area contributed by atoms with Crippen LogP contribution >= 0.6 is 0 Å². The number of anilines is 1. The molecule has 0 aromatic heterocycles. The molecule has 0 spiro atoms. The first-order chi connectivity index (χ1) is 9.51. The Morgan fingerprint density at radius 2 is 2.05 bits per heavy atom. The Morgan fingerprint density at radius 3 is 2.65 bits per heavy atom. The van der Waals surface area contributed by atoms with E-state index >= 15 is 0 Å². The van der Waals surface area contributed by atoms with E-state index < -0.39 is 23.2 Å². The number of halogens is 2. The second-order valence-corrected chi connectivity index (χ2v) is 4.84. The highest BCUT2D eigenvalue weighted by Crippen LogP contribution is 2.20. The second kappa shape index (κ2) is 7.82. The SMILES string of the molecule is CCCCC(CC)COC(=O)c1c(F)ccc(N)c1F. The summed E-state index contributed by atoms with van der Waals surface area (Å²) in [5.74, 6) is -2.80. The number of carbonyl (C=O) groups excluding carboxylic acids is 1. The van der Waals surface area contributed by atoms with Gasteiger partial charge in [-0.1, -0.05) is 33.1 Å². The average molecular weight is 285 g/mol. The molecule has 20 heavy (non-hydrogen) atoms. The van der Waals surface area contributed by atoms with Crippen molar-refractivity contribution in [1.29, 1.82) is 0 Å². The molecule has 0 heterocycles. The first kappa shape index (κ1) is 16.4. The summed E-state index contributed by atoms with van der Waals surface area (Å²) in [6.45, 7) is 4.25. The van der Waals surface area contributed by atoms with Crippen molar-refractivity contribution >= 4 is 11.7 Å². The van der Waals surface area contributed by atoms with E-state index in [-0.39, 0.29) is 18.2 Å². The summed E-state index contributed by atoms with van der Waals surface area (Å²) in [5, 5.41) is 0. The molecule has 0 amide bonds. The van der Waals surface area contributed by atoms with Gasteiger partial charge in [0.05, 0.1) is 12.3 Å². The van der Waals surface area contributed by atoms with Gasteiger partial charge in [0.25, 0.3) is 0 Å². The van der Waals surface area contributed by atoms with Crippen LogP contribution in [0.1, 0.15) is 49.9 Å². The van der Waals surface area contributed by atoms with Gasteiger partial charge < -0.3 is 10.5 Å². The molecule has 0 radical (unpaired) electrons. The van der Waals surface area contributed by atoms with Crippen LogP contribution in [-0.2, 0) is 4.74 Å². The maximum atomic E-state index is 13.7. The van der Waals surface area contributed by atoms with E-state index in [2.05, 4.69) is 6.92 Å². The van der Waals surface area contributed by atoms with Gasteiger partial charge in [-0.25, -0.2) is 13.6 Å². The van der Waals surface area contributed by atoms with E-state index in [1.807, 2.05) is 6.92 Å². The minimum Gasteiger partial charge on any atom is -0.462 e. The minimum absolute atomic E-state index is 0.170. The fourth-order valence-electron chi connectivity index (χ4n) is 1.92. The van der Waals surface area contributed by atoms with E-state index in [9.17, 15) is 13.6 Å². The quantitative estimate of drug-likeness (QED) is 0.610. The smallest absolute Gasteiger partial charge is 0.344 e. The first-order valence-corrected chi connectivity index (χ1v) is 6.91. The van der Waals surface area contributed by atoms with Gasteiger partial charge in [0.1, 0.15) is 11.4 Å². The number of esters is 1. The van der Waals surface area contributed by atoms with Crippen molar-refractivity contribution in [1.82, 2.24) is 0 Å². The average Bonchev–Trinajstić information content (AvgIpc) is 2.43. The minimum atomic E-state index is -1.06. The third-order valence-electron chi connectivity index (χ3n) is 3.32. The van der Waals surface area contributed by atoms with Crippen LogP contribution in [-0.4, -0.2) is 12.6 Å². The molecule has 2 N–H and O–H groups in total. The largest absolute Gasteiger partial charge is 0.462 e. The van der Waals surface area contributed by atoms with Gasteiger partial charge in [-0.2, -0.15) is 0 Å². The molecule has 0 bridgehead atoms. The standard InChI is InChI=1S/C15H21F2NO2/c1-3-5-6-10(4-2)9-20-15(19)13-11(16)7-8-12(18)14(13)17/h7-8,10H,3-6,9,18H2,1-2H3. The predicted octanol–water partition coefficient (Wildman–Crippen LogP) is 3.92. The highest BCUT2D eigenvalue weighted by Gasteiger charge is 2.21. The monoisotopic (exact) mass is 285 g/mol. The first-order valence-electron chi connectivity index (χ1n) is 6.91. The van der Waals surface area contributed by atoms with Gasteiger partial charge in [-0.3, -0.25) is 0 Å². The Bertz CT molecular complexity index is 463. The fraction of sp³-hybridized carbons (Fsp3) is 0.533. The molecule has 112 valence electrons. The van der Waals surface area contributed by atoms with Gasteiger partial charge in [-0.15, -0.1) is 0 Å².